The topological polar surface area (TPSA) is 73.5 Å². The molecule has 0 saturated heterocycles. The van der Waals surface area contributed by atoms with Gasteiger partial charge in [-0.1, -0.05) is 0 Å². The predicted molar refractivity (Wildman–Crippen MR) is 89.4 cm³/mol. The molecule has 0 unspecified atom stereocenters. The molecule has 1 aliphatic heterocycles. The van der Waals surface area contributed by atoms with E-state index in [4.69, 9.17) is 4.74 Å². The Morgan fingerprint density at radius 1 is 1.46 bits per heavy atom. The first-order valence-corrected chi connectivity index (χ1v) is 7.87. The summed E-state index contributed by atoms with van der Waals surface area (Å²) < 4.78 is 46.1. The van der Waals surface area contributed by atoms with E-state index in [0.717, 1.165) is 16.7 Å². The monoisotopic (exact) mass is 369 g/mol. The maximum atomic E-state index is 13.6. The Bertz CT molecular complexity index is 792. The number of urea groups is 1. The van der Waals surface area contributed by atoms with Crippen LogP contribution in [0.1, 0.15) is 11.3 Å². The van der Waals surface area contributed by atoms with Crippen molar-refractivity contribution in [2.24, 2.45) is 0 Å². The van der Waals surface area contributed by atoms with Crippen molar-refractivity contribution in [3.05, 3.63) is 35.9 Å². The number of aromatic amines is 1. The second kappa shape index (κ2) is 6.77. The van der Waals surface area contributed by atoms with Crippen molar-refractivity contribution >= 4 is 17.4 Å². The molecule has 0 saturated carbocycles. The number of anilines is 2. The van der Waals surface area contributed by atoms with Gasteiger partial charge in [-0.2, -0.15) is 13.2 Å². The van der Waals surface area contributed by atoms with Crippen LogP contribution in [0, 0.1) is 0 Å². The number of carbonyl (C=O) groups excluding carboxylic acids is 1. The summed E-state index contributed by atoms with van der Waals surface area (Å²) in [6.45, 7) is 0.895. The lowest BCUT2D eigenvalue weighted by Gasteiger charge is -2.33. The third kappa shape index (κ3) is 3.39. The largest absolute Gasteiger partial charge is 0.489 e. The summed E-state index contributed by atoms with van der Waals surface area (Å²) in [4.78, 5) is 21.6. The molecule has 0 radical (unpaired) electrons. The van der Waals surface area contributed by atoms with Crippen LogP contribution in [-0.2, 0) is 12.7 Å². The lowest BCUT2D eigenvalue weighted by Crippen LogP contribution is -2.36. The number of nitrogens with zero attached hydrogens (tertiary/aromatic N) is 3. The van der Waals surface area contributed by atoms with Crippen LogP contribution in [0.4, 0.5) is 29.3 Å². The molecule has 0 aliphatic carbocycles. The molecule has 0 atom stereocenters. The molecule has 0 bridgehead atoms. The van der Waals surface area contributed by atoms with E-state index in [2.05, 4.69) is 15.3 Å². The predicted octanol–water partition coefficient (Wildman–Crippen LogP) is 2.60. The molecule has 10 heteroatoms. The Labute approximate surface area is 147 Å². The number of alkyl halides is 3. The average Bonchev–Trinajstić information content (AvgIpc) is 3.12. The second-order valence-electron chi connectivity index (χ2n) is 5.80. The molecular formula is C16H18F3N5O2. The maximum absolute atomic E-state index is 13.6. The van der Waals surface area contributed by atoms with Gasteiger partial charge in [-0.3, -0.25) is 4.90 Å². The van der Waals surface area contributed by atoms with Gasteiger partial charge in [0.1, 0.15) is 12.2 Å². The van der Waals surface area contributed by atoms with Gasteiger partial charge in [-0.05, 0) is 12.1 Å². The number of fused-ring (bicyclic) bond motifs is 1. The number of imidazole rings is 1. The minimum atomic E-state index is -4.61. The lowest BCUT2D eigenvalue weighted by molar-refractivity contribution is -0.138. The van der Waals surface area contributed by atoms with Crippen molar-refractivity contribution in [3.63, 3.8) is 0 Å². The summed E-state index contributed by atoms with van der Waals surface area (Å²) in [6.07, 6.45) is -1.49. The van der Waals surface area contributed by atoms with Crippen molar-refractivity contribution < 1.29 is 22.7 Å². The normalized spacial score (nSPS) is 13.8. The van der Waals surface area contributed by atoms with Gasteiger partial charge in [-0.15, -0.1) is 0 Å². The van der Waals surface area contributed by atoms with Crippen LogP contribution in [0.2, 0.25) is 0 Å². The minimum Gasteiger partial charge on any atom is -0.489 e. The molecule has 1 aromatic carbocycles. The average molecular weight is 369 g/mol. The van der Waals surface area contributed by atoms with Crippen LogP contribution in [-0.4, -0.2) is 43.2 Å². The van der Waals surface area contributed by atoms with Gasteiger partial charge in [0, 0.05) is 26.0 Å². The van der Waals surface area contributed by atoms with Crippen LogP contribution in [0.25, 0.3) is 0 Å². The van der Waals surface area contributed by atoms with Gasteiger partial charge in [0.2, 0.25) is 0 Å². The number of H-pyrrole nitrogens is 1. The summed E-state index contributed by atoms with van der Waals surface area (Å²) in [5.41, 5.74) is 0.258. The van der Waals surface area contributed by atoms with Gasteiger partial charge in [0.25, 0.3) is 0 Å². The molecule has 0 spiro atoms. The molecule has 0 fully saturated rings. The van der Waals surface area contributed by atoms with Crippen molar-refractivity contribution in [2.75, 3.05) is 37.0 Å². The number of hydrogen-bond donors (Lipinski definition) is 2. The number of halogens is 3. The quantitative estimate of drug-likeness (QED) is 0.872. The first-order valence-electron chi connectivity index (χ1n) is 7.87. The number of amides is 2. The summed E-state index contributed by atoms with van der Waals surface area (Å²) in [6, 6.07) is 1.93. The molecule has 1 aliphatic rings. The number of hydrogen-bond acceptors (Lipinski definition) is 4. The zero-order chi connectivity index (χ0) is 18.9. The molecule has 3 rings (SSSR count). The van der Waals surface area contributed by atoms with Crippen molar-refractivity contribution in [1.82, 2.24) is 15.3 Å². The highest BCUT2D eigenvalue weighted by molar-refractivity contribution is 5.92. The third-order valence-electron chi connectivity index (χ3n) is 4.13. The number of benzene rings is 1. The Morgan fingerprint density at radius 2 is 2.23 bits per heavy atom. The third-order valence-corrected chi connectivity index (χ3v) is 4.13. The molecule has 26 heavy (non-hydrogen) atoms. The van der Waals surface area contributed by atoms with Crippen LogP contribution < -0.4 is 19.9 Å². The van der Waals surface area contributed by atoms with E-state index in [1.54, 1.807) is 11.1 Å². The van der Waals surface area contributed by atoms with E-state index in [9.17, 15) is 18.0 Å². The second-order valence-corrected chi connectivity index (χ2v) is 5.80. The number of nitrogens with one attached hydrogen (secondary N) is 2. The fraction of sp³-hybridized carbons (Fsp3) is 0.375. The zero-order valence-corrected chi connectivity index (χ0v) is 14.2. The minimum absolute atomic E-state index is 0.121. The number of ether oxygens (including phenoxy) is 1. The Hall–Kier alpha value is -2.91. The molecule has 140 valence electrons. The van der Waals surface area contributed by atoms with Gasteiger partial charge in [0.05, 0.1) is 30.8 Å². The smallest absolute Gasteiger partial charge is 0.420 e. The molecule has 2 amide bonds. The molecule has 2 heterocycles. The van der Waals surface area contributed by atoms with Crippen LogP contribution >= 0.6 is 0 Å². The SMILES string of the molecule is CNC(=O)N(C)c1cc2c(c(C(F)(F)F)c1)OCCN2Cc1cnc[nH]1. The first kappa shape index (κ1) is 17.9. The Balaban J connectivity index is 2.09. The Kier molecular flexibility index (Phi) is 4.66. The van der Waals surface area contributed by atoms with E-state index < -0.39 is 17.8 Å². The first-order chi connectivity index (χ1) is 12.3. The summed E-state index contributed by atoms with van der Waals surface area (Å²) in [5.74, 6) is -0.225. The van der Waals surface area contributed by atoms with Gasteiger partial charge in [0.15, 0.2) is 5.75 Å². The highest BCUT2D eigenvalue weighted by Crippen LogP contribution is 2.46. The fourth-order valence-electron chi connectivity index (χ4n) is 2.79. The molecule has 7 nitrogen and oxygen atoms in total. The number of carbonyl (C=O) groups is 1. The number of rotatable bonds is 3. The van der Waals surface area contributed by atoms with E-state index in [0.29, 0.717) is 13.1 Å². The van der Waals surface area contributed by atoms with Gasteiger partial charge >= 0.3 is 12.2 Å². The Morgan fingerprint density at radius 3 is 2.85 bits per heavy atom. The van der Waals surface area contributed by atoms with E-state index in [1.165, 1.54) is 26.5 Å². The van der Waals surface area contributed by atoms with Gasteiger partial charge in [-0.25, -0.2) is 9.78 Å². The molecule has 2 N–H and O–H groups in total. The summed E-state index contributed by atoms with van der Waals surface area (Å²) in [7, 11) is 2.82. The van der Waals surface area contributed by atoms with Crippen LogP contribution in [0.5, 0.6) is 5.75 Å². The van der Waals surface area contributed by atoms with Crippen LogP contribution in [0.15, 0.2) is 24.7 Å². The van der Waals surface area contributed by atoms with Crippen molar-refractivity contribution in [2.45, 2.75) is 12.7 Å². The van der Waals surface area contributed by atoms with E-state index in [-0.39, 0.29) is 23.7 Å². The lowest BCUT2D eigenvalue weighted by atomic mass is 10.1. The highest BCUT2D eigenvalue weighted by atomic mass is 19.4. The summed E-state index contributed by atoms with van der Waals surface area (Å²) >= 11 is 0. The molecule has 1 aromatic heterocycles. The van der Waals surface area contributed by atoms with Gasteiger partial charge < -0.3 is 19.9 Å². The van der Waals surface area contributed by atoms with E-state index in [1.807, 2.05) is 0 Å². The maximum Gasteiger partial charge on any atom is 0.420 e. The van der Waals surface area contributed by atoms with Crippen molar-refractivity contribution in [1.29, 1.82) is 0 Å². The van der Waals surface area contributed by atoms with Crippen LogP contribution in [0.3, 0.4) is 0 Å². The summed E-state index contributed by atoms with van der Waals surface area (Å²) in [5, 5.41) is 2.40. The number of aromatic nitrogens is 2. The van der Waals surface area contributed by atoms with Crippen molar-refractivity contribution in [3.8, 4) is 5.75 Å². The molecule has 2 aromatic rings. The fourth-order valence-corrected chi connectivity index (χ4v) is 2.79. The van der Waals surface area contributed by atoms with E-state index >= 15 is 0 Å². The zero-order valence-electron chi connectivity index (χ0n) is 14.2. The standard InChI is InChI=1S/C16H18F3N5O2/c1-20-15(25)23(2)11-5-12(16(17,18)19)14-13(6-11)24(3-4-26-14)8-10-7-21-9-22-10/h5-7,9H,3-4,8H2,1-2H3,(H,20,25)(H,21,22). The highest BCUT2D eigenvalue weighted by Gasteiger charge is 2.38. The molecular weight excluding hydrogens is 351 g/mol.